The molecule has 35 heavy (non-hydrogen) atoms. The molecular formula is C27H31N3O3S2. The summed E-state index contributed by atoms with van der Waals surface area (Å²) in [6.45, 7) is 6.28. The number of amides is 1. The molecule has 0 aliphatic carbocycles. The predicted octanol–water partition coefficient (Wildman–Crippen LogP) is 3.93. The van der Waals surface area contributed by atoms with E-state index in [2.05, 4.69) is 47.5 Å². The number of rotatable bonds is 5. The standard InChI is InChI=1S/C27H31N3O3S2/c1-20-8-6-7-11-23(20)27-24-13-17-34-25(24)12-14-29(27)19-26(31)28-15-16-30(21(2)18-28)35(32,33)22-9-4-3-5-10-22/h3-11,13,17,21,27H,12,14-16,18-19H2,1-2H3/t21-,27-/m0/s1. The van der Waals surface area contributed by atoms with Crippen molar-refractivity contribution < 1.29 is 13.2 Å². The van der Waals surface area contributed by atoms with E-state index in [9.17, 15) is 13.2 Å². The molecule has 1 fully saturated rings. The van der Waals surface area contributed by atoms with Gasteiger partial charge in [0.15, 0.2) is 0 Å². The summed E-state index contributed by atoms with van der Waals surface area (Å²) in [6, 6.07) is 18.9. The van der Waals surface area contributed by atoms with Crippen molar-refractivity contribution in [3.05, 3.63) is 87.6 Å². The third-order valence-corrected chi connectivity index (χ3v) is 10.2. The molecule has 0 saturated carbocycles. The van der Waals surface area contributed by atoms with Gasteiger partial charge in [-0.1, -0.05) is 42.5 Å². The van der Waals surface area contributed by atoms with Crippen molar-refractivity contribution in [2.24, 2.45) is 0 Å². The second kappa shape index (κ2) is 9.85. The summed E-state index contributed by atoms with van der Waals surface area (Å²) in [6.07, 6.45) is 0.947. The Morgan fingerprint density at radius 1 is 0.971 bits per heavy atom. The van der Waals surface area contributed by atoms with Crippen LogP contribution in [0.1, 0.15) is 34.5 Å². The van der Waals surface area contributed by atoms with Gasteiger partial charge in [-0.15, -0.1) is 11.3 Å². The van der Waals surface area contributed by atoms with Crippen LogP contribution in [-0.2, 0) is 21.2 Å². The maximum Gasteiger partial charge on any atom is 0.243 e. The van der Waals surface area contributed by atoms with Gasteiger partial charge in [0.05, 0.1) is 17.5 Å². The van der Waals surface area contributed by atoms with E-state index in [1.54, 1.807) is 35.6 Å². The Balaban J connectivity index is 1.31. The lowest BCUT2D eigenvalue weighted by atomic mass is 9.90. The number of piperazine rings is 1. The number of nitrogens with zero attached hydrogens (tertiary/aromatic N) is 3. The van der Waals surface area contributed by atoms with Crippen molar-refractivity contribution >= 4 is 27.3 Å². The van der Waals surface area contributed by atoms with Crippen molar-refractivity contribution in [3.8, 4) is 0 Å². The number of carbonyl (C=O) groups excluding carboxylic acids is 1. The van der Waals surface area contributed by atoms with Crippen LogP contribution in [0.5, 0.6) is 0 Å². The summed E-state index contributed by atoms with van der Waals surface area (Å²) < 4.78 is 27.8. The maximum atomic E-state index is 13.5. The van der Waals surface area contributed by atoms with Gasteiger partial charge in [0.1, 0.15) is 0 Å². The molecule has 6 nitrogen and oxygen atoms in total. The molecule has 1 aromatic heterocycles. The zero-order valence-electron chi connectivity index (χ0n) is 20.1. The highest BCUT2D eigenvalue weighted by molar-refractivity contribution is 7.89. The van der Waals surface area contributed by atoms with Crippen LogP contribution in [0.25, 0.3) is 0 Å². The Kier molecular flexibility index (Phi) is 6.81. The first-order valence-electron chi connectivity index (χ1n) is 12.1. The minimum Gasteiger partial charge on any atom is -0.339 e. The molecule has 0 spiro atoms. The molecule has 1 amide bonds. The van der Waals surface area contributed by atoms with E-state index >= 15 is 0 Å². The highest BCUT2D eigenvalue weighted by Gasteiger charge is 2.37. The maximum absolute atomic E-state index is 13.5. The number of carbonyl (C=O) groups is 1. The van der Waals surface area contributed by atoms with E-state index in [1.807, 2.05) is 17.9 Å². The molecule has 8 heteroatoms. The zero-order valence-corrected chi connectivity index (χ0v) is 21.8. The monoisotopic (exact) mass is 509 g/mol. The number of hydrogen-bond donors (Lipinski definition) is 0. The Hall–Kier alpha value is -2.52. The molecule has 0 N–H and O–H groups in total. The van der Waals surface area contributed by atoms with Crippen LogP contribution in [0.15, 0.2) is 70.9 Å². The smallest absolute Gasteiger partial charge is 0.243 e. The lowest BCUT2D eigenvalue weighted by Crippen LogP contribution is -2.57. The number of fused-ring (bicyclic) bond motifs is 1. The zero-order chi connectivity index (χ0) is 24.6. The molecular weight excluding hydrogens is 478 g/mol. The number of thiophene rings is 1. The van der Waals surface area contributed by atoms with Crippen LogP contribution in [0.2, 0.25) is 0 Å². The van der Waals surface area contributed by atoms with Gasteiger partial charge in [-0.25, -0.2) is 8.42 Å². The van der Waals surface area contributed by atoms with Gasteiger partial charge in [-0.05, 0) is 60.5 Å². The summed E-state index contributed by atoms with van der Waals surface area (Å²) >= 11 is 1.80. The molecule has 2 aliphatic rings. The van der Waals surface area contributed by atoms with Crippen molar-refractivity contribution in [1.82, 2.24) is 14.1 Å². The number of sulfonamides is 1. The fourth-order valence-electron chi connectivity index (χ4n) is 5.32. The average Bonchev–Trinajstić information content (AvgIpc) is 3.34. The number of hydrogen-bond acceptors (Lipinski definition) is 5. The molecule has 2 atom stereocenters. The summed E-state index contributed by atoms with van der Waals surface area (Å²) in [7, 11) is -3.58. The van der Waals surface area contributed by atoms with E-state index in [0.29, 0.717) is 31.1 Å². The SMILES string of the molecule is Cc1ccccc1[C@H]1c2ccsc2CCN1CC(=O)N1CCN(S(=O)(=O)c2ccccc2)[C@@H](C)C1. The van der Waals surface area contributed by atoms with E-state index in [4.69, 9.17) is 0 Å². The van der Waals surface area contributed by atoms with Gasteiger partial charge in [-0.2, -0.15) is 4.31 Å². The highest BCUT2D eigenvalue weighted by atomic mass is 32.2. The second-order valence-electron chi connectivity index (χ2n) is 9.40. The summed E-state index contributed by atoms with van der Waals surface area (Å²) in [5.41, 5.74) is 3.77. The summed E-state index contributed by atoms with van der Waals surface area (Å²) in [5, 5.41) is 2.15. The van der Waals surface area contributed by atoms with Crippen molar-refractivity contribution in [1.29, 1.82) is 0 Å². The molecule has 5 rings (SSSR count). The van der Waals surface area contributed by atoms with Gasteiger partial charge in [0, 0.05) is 37.1 Å². The molecule has 3 heterocycles. The van der Waals surface area contributed by atoms with Gasteiger partial charge in [0.25, 0.3) is 0 Å². The molecule has 0 radical (unpaired) electrons. The second-order valence-corrected chi connectivity index (χ2v) is 12.3. The minimum absolute atomic E-state index is 0.0610. The third-order valence-electron chi connectivity index (χ3n) is 7.16. The number of benzene rings is 2. The van der Waals surface area contributed by atoms with E-state index in [0.717, 1.165) is 13.0 Å². The van der Waals surface area contributed by atoms with Crippen molar-refractivity contribution in [2.45, 2.75) is 37.2 Å². The van der Waals surface area contributed by atoms with E-state index < -0.39 is 10.0 Å². The normalized spacial score (nSPS) is 21.6. The fraction of sp³-hybridized carbons (Fsp3) is 0.370. The van der Waals surface area contributed by atoms with Crippen LogP contribution < -0.4 is 0 Å². The fourth-order valence-corrected chi connectivity index (χ4v) is 7.86. The molecule has 184 valence electrons. The van der Waals surface area contributed by atoms with Gasteiger partial charge in [-0.3, -0.25) is 9.69 Å². The Morgan fingerprint density at radius 3 is 2.46 bits per heavy atom. The van der Waals surface area contributed by atoms with E-state index in [1.165, 1.54) is 25.9 Å². The average molecular weight is 510 g/mol. The molecule has 2 aromatic carbocycles. The molecule has 2 aliphatic heterocycles. The van der Waals surface area contributed by atoms with Crippen LogP contribution in [0, 0.1) is 6.92 Å². The van der Waals surface area contributed by atoms with Crippen LogP contribution in [0.4, 0.5) is 0 Å². The van der Waals surface area contributed by atoms with Gasteiger partial charge < -0.3 is 4.90 Å². The predicted molar refractivity (Wildman–Crippen MR) is 139 cm³/mol. The first-order valence-corrected chi connectivity index (χ1v) is 14.4. The molecule has 0 bridgehead atoms. The Morgan fingerprint density at radius 2 is 1.71 bits per heavy atom. The van der Waals surface area contributed by atoms with Crippen molar-refractivity contribution in [3.63, 3.8) is 0 Å². The van der Waals surface area contributed by atoms with Crippen LogP contribution in [0.3, 0.4) is 0 Å². The quantitative estimate of drug-likeness (QED) is 0.523. The first-order chi connectivity index (χ1) is 16.9. The summed E-state index contributed by atoms with van der Waals surface area (Å²) in [4.78, 5) is 19.3. The number of aryl methyl sites for hydroxylation is 1. The summed E-state index contributed by atoms with van der Waals surface area (Å²) in [5.74, 6) is 0.0610. The van der Waals surface area contributed by atoms with Gasteiger partial charge >= 0.3 is 0 Å². The van der Waals surface area contributed by atoms with Gasteiger partial charge in [0.2, 0.25) is 15.9 Å². The molecule has 3 aromatic rings. The Bertz CT molecular complexity index is 1310. The van der Waals surface area contributed by atoms with Crippen molar-refractivity contribution in [2.75, 3.05) is 32.7 Å². The molecule has 0 unspecified atom stereocenters. The van der Waals surface area contributed by atoms with Crippen LogP contribution in [-0.4, -0.2) is 67.2 Å². The first kappa shape index (κ1) is 24.2. The largest absolute Gasteiger partial charge is 0.339 e. The minimum atomic E-state index is -3.58. The lowest BCUT2D eigenvalue weighted by molar-refractivity contribution is -0.135. The van der Waals surface area contributed by atoms with E-state index in [-0.39, 0.29) is 18.0 Å². The topological polar surface area (TPSA) is 60.9 Å². The van der Waals surface area contributed by atoms with Crippen LogP contribution >= 0.6 is 11.3 Å². The Labute approximate surface area is 211 Å². The molecule has 1 saturated heterocycles. The highest BCUT2D eigenvalue weighted by Crippen LogP contribution is 2.38. The third kappa shape index (κ3) is 4.68. The lowest BCUT2D eigenvalue weighted by Gasteiger charge is -2.41.